The first-order valence-corrected chi connectivity index (χ1v) is 7.33. The lowest BCUT2D eigenvalue weighted by Gasteiger charge is -2.10. The van der Waals surface area contributed by atoms with Gasteiger partial charge in [-0.15, -0.1) is 0 Å². The number of hydrogen-bond acceptors (Lipinski definition) is 5. The Balaban J connectivity index is 1.73. The van der Waals surface area contributed by atoms with Gasteiger partial charge < -0.3 is 10.1 Å². The van der Waals surface area contributed by atoms with Crippen LogP contribution >= 0.6 is 0 Å². The summed E-state index contributed by atoms with van der Waals surface area (Å²) in [6.07, 6.45) is 3.47. The van der Waals surface area contributed by atoms with E-state index >= 15 is 0 Å². The average Bonchev–Trinajstić information content (AvgIpc) is 3.24. The molecule has 0 bridgehead atoms. The van der Waals surface area contributed by atoms with Crippen molar-refractivity contribution in [2.75, 3.05) is 13.2 Å². The molecular formula is C15H16N4O4. The fourth-order valence-electron chi connectivity index (χ4n) is 2.54. The van der Waals surface area contributed by atoms with Gasteiger partial charge in [-0.1, -0.05) is 0 Å². The van der Waals surface area contributed by atoms with E-state index in [0.717, 1.165) is 19.4 Å². The summed E-state index contributed by atoms with van der Waals surface area (Å²) in [5.41, 5.74) is 1.59. The minimum atomic E-state index is -0.466. The third-order valence-corrected chi connectivity index (χ3v) is 3.77. The maximum atomic E-state index is 12.3. The Hall–Kier alpha value is -2.74. The van der Waals surface area contributed by atoms with Crippen LogP contribution in [0, 0.1) is 10.1 Å². The van der Waals surface area contributed by atoms with E-state index in [1.807, 2.05) is 0 Å². The monoisotopic (exact) mass is 316 g/mol. The van der Waals surface area contributed by atoms with Crippen molar-refractivity contribution in [3.8, 4) is 11.3 Å². The molecule has 0 radical (unpaired) electrons. The Bertz CT molecular complexity index is 705. The molecule has 120 valence electrons. The van der Waals surface area contributed by atoms with Crippen LogP contribution in [0.3, 0.4) is 0 Å². The molecule has 1 aliphatic heterocycles. The van der Waals surface area contributed by atoms with Crippen molar-refractivity contribution in [2.24, 2.45) is 0 Å². The second-order valence-electron chi connectivity index (χ2n) is 5.31. The van der Waals surface area contributed by atoms with E-state index < -0.39 is 4.92 Å². The lowest BCUT2D eigenvalue weighted by Crippen LogP contribution is -2.31. The molecule has 8 nitrogen and oxygen atoms in total. The smallest absolute Gasteiger partial charge is 0.269 e. The van der Waals surface area contributed by atoms with Crippen LogP contribution < -0.4 is 5.32 Å². The minimum absolute atomic E-state index is 0.00218. The second kappa shape index (κ2) is 6.57. The number of nitro groups is 1. The Kier molecular flexibility index (Phi) is 4.33. The summed E-state index contributed by atoms with van der Waals surface area (Å²) in [5.74, 6) is -0.248. The van der Waals surface area contributed by atoms with E-state index in [0.29, 0.717) is 23.4 Å². The molecule has 2 aromatic rings. The summed E-state index contributed by atoms with van der Waals surface area (Å²) in [4.78, 5) is 22.5. The quantitative estimate of drug-likeness (QED) is 0.646. The SMILES string of the molecule is O=C(NC[C@H]1CCCO1)c1cn[nH]c1-c1ccc([N+](=O)[O-])cc1. The van der Waals surface area contributed by atoms with Gasteiger partial charge in [0.25, 0.3) is 11.6 Å². The van der Waals surface area contributed by atoms with Gasteiger partial charge in [-0.25, -0.2) is 0 Å². The zero-order valence-corrected chi connectivity index (χ0v) is 12.3. The van der Waals surface area contributed by atoms with Crippen LogP contribution in [0.5, 0.6) is 0 Å². The second-order valence-corrected chi connectivity index (χ2v) is 5.31. The van der Waals surface area contributed by atoms with E-state index in [1.165, 1.54) is 18.3 Å². The number of nitrogens with zero attached hydrogens (tertiary/aromatic N) is 2. The highest BCUT2D eigenvalue weighted by Gasteiger charge is 2.19. The van der Waals surface area contributed by atoms with Crippen molar-refractivity contribution in [2.45, 2.75) is 18.9 Å². The molecule has 8 heteroatoms. The summed E-state index contributed by atoms with van der Waals surface area (Å²) in [6.45, 7) is 1.20. The molecule has 1 aromatic carbocycles. The van der Waals surface area contributed by atoms with Gasteiger partial charge in [-0.2, -0.15) is 5.10 Å². The van der Waals surface area contributed by atoms with Gasteiger partial charge in [0.05, 0.1) is 28.5 Å². The number of nitrogens with one attached hydrogen (secondary N) is 2. The van der Waals surface area contributed by atoms with Crippen LogP contribution in [0.4, 0.5) is 5.69 Å². The van der Waals surface area contributed by atoms with Crippen molar-refractivity contribution in [1.29, 1.82) is 0 Å². The van der Waals surface area contributed by atoms with Crippen molar-refractivity contribution >= 4 is 11.6 Å². The summed E-state index contributed by atoms with van der Waals surface area (Å²) in [7, 11) is 0. The van der Waals surface area contributed by atoms with Crippen LogP contribution in [0.1, 0.15) is 23.2 Å². The highest BCUT2D eigenvalue weighted by molar-refractivity contribution is 5.99. The number of nitro benzene ring substituents is 1. The first kappa shape index (κ1) is 15.2. The Labute approximate surface area is 132 Å². The molecule has 0 unspecified atom stereocenters. The summed E-state index contributed by atoms with van der Waals surface area (Å²) >= 11 is 0. The number of rotatable bonds is 5. The Morgan fingerprint density at radius 3 is 2.87 bits per heavy atom. The molecule has 2 N–H and O–H groups in total. The first-order valence-electron chi connectivity index (χ1n) is 7.33. The van der Waals surface area contributed by atoms with E-state index in [-0.39, 0.29) is 17.7 Å². The number of carbonyl (C=O) groups excluding carboxylic acids is 1. The lowest BCUT2D eigenvalue weighted by molar-refractivity contribution is -0.384. The molecule has 0 aliphatic carbocycles. The van der Waals surface area contributed by atoms with Crippen LogP contribution in [0.2, 0.25) is 0 Å². The average molecular weight is 316 g/mol. The number of H-pyrrole nitrogens is 1. The normalized spacial score (nSPS) is 17.1. The number of carbonyl (C=O) groups is 1. The molecule has 3 rings (SSSR count). The van der Waals surface area contributed by atoms with Crippen LogP contribution in [-0.4, -0.2) is 40.3 Å². The number of aromatic amines is 1. The first-order chi connectivity index (χ1) is 11.1. The number of amides is 1. The van der Waals surface area contributed by atoms with Gasteiger partial charge in [0.2, 0.25) is 0 Å². The van der Waals surface area contributed by atoms with Gasteiger partial charge in [-0.05, 0) is 25.0 Å². The standard InChI is InChI=1S/C15H16N4O4/c20-15(16-8-12-2-1-7-23-12)13-9-17-18-14(13)10-3-5-11(6-4-10)19(21)22/h3-6,9,12H,1-2,7-8H2,(H,16,20)(H,17,18)/t12-/m1/s1. The number of hydrogen-bond donors (Lipinski definition) is 2. The van der Waals surface area contributed by atoms with Crippen LogP contribution in [0.25, 0.3) is 11.3 Å². The topological polar surface area (TPSA) is 110 Å². The third kappa shape index (κ3) is 3.37. The number of ether oxygens (including phenoxy) is 1. The molecule has 1 aliphatic rings. The third-order valence-electron chi connectivity index (χ3n) is 3.77. The summed E-state index contributed by atoms with van der Waals surface area (Å²) in [6, 6.07) is 5.96. The number of non-ortho nitro benzene ring substituents is 1. The number of benzene rings is 1. The van der Waals surface area contributed by atoms with Crippen molar-refractivity contribution in [1.82, 2.24) is 15.5 Å². The zero-order valence-electron chi connectivity index (χ0n) is 12.3. The van der Waals surface area contributed by atoms with Crippen LogP contribution in [-0.2, 0) is 4.74 Å². The van der Waals surface area contributed by atoms with Gasteiger partial charge in [0.1, 0.15) is 0 Å². The van der Waals surface area contributed by atoms with E-state index in [1.54, 1.807) is 12.1 Å². The fraction of sp³-hybridized carbons (Fsp3) is 0.333. The maximum absolute atomic E-state index is 12.3. The molecule has 1 aromatic heterocycles. The predicted molar refractivity (Wildman–Crippen MR) is 82.0 cm³/mol. The highest BCUT2D eigenvalue weighted by Crippen LogP contribution is 2.23. The molecular weight excluding hydrogens is 300 g/mol. The largest absolute Gasteiger partial charge is 0.376 e. The van der Waals surface area contributed by atoms with Gasteiger partial charge in [0.15, 0.2) is 0 Å². The van der Waals surface area contributed by atoms with Crippen molar-refractivity contribution in [3.05, 3.63) is 46.1 Å². The van der Waals surface area contributed by atoms with E-state index in [9.17, 15) is 14.9 Å². The zero-order chi connectivity index (χ0) is 16.2. The van der Waals surface area contributed by atoms with E-state index in [2.05, 4.69) is 15.5 Å². The van der Waals surface area contributed by atoms with Crippen molar-refractivity contribution in [3.63, 3.8) is 0 Å². The molecule has 0 spiro atoms. The molecule has 1 fully saturated rings. The lowest BCUT2D eigenvalue weighted by atomic mass is 10.1. The van der Waals surface area contributed by atoms with Gasteiger partial charge >= 0.3 is 0 Å². The van der Waals surface area contributed by atoms with Gasteiger partial charge in [-0.3, -0.25) is 20.0 Å². The molecule has 1 amide bonds. The maximum Gasteiger partial charge on any atom is 0.269 e. The Morgan fingerprint density at radius 1 is 1.43 bits per heavy atom. The van der Waals surface area contributed by atoms with Crippen molar-refractivity contribution < 1.29 is 14.5 Å². The minimum Gasteiger partial charge on any atom is -0.376 e. The highest BCUT2D eigenvalue weighted by atomic mass is 16.6. The number of aromatic nitrogens is 2. The predicted octanol–water partition coefficient (Wildman–Crippen LogP) is 1.89. The summed E-state index contributed by atoms with van der Waals surface area (Å²) in [5, 5.41) is 20.2. The van der Waals surface area contributed by atoms with Gasteiger partial charge in [0, 0.05) is 30.8 Å². The molecule has 1 saturated heterocycles. The summed E-state index contributed by atoms with van der Waals surface area (Å²) < 4.78 is 5.47. The fourth-order valence-corrected chi connectivity index (χ4v) is 2.54. The van der Waals surface area contributed by atoms with Crippen LogP contribution in [0.15, 0.2) is 30.5 Å². The Morgan fingerprint density at radius 2 is 2.22 bits per heavy atom. The molecule has 1 atom stereocenters. The molecule has 2 heterocycles. The molecule has 23 heavy (non-hydrogen) atoms. The van der Waals surface area contributed by atoms with E-state index in [4.69, 9.17) is 4.74 Å². The molecule has 0 saturated carbocycles.